The second-order valence-electron chi connectivity index (χ2n) is 10.2. The van der Waals surface area contributed by atoms with Gasteiger partial charge >= 0.3 is 0 Å². The summed E-state index contributed by atoms with van der Waals surface area (Å²) in [5, 5.41) is 8.79. The quantitative estimate of drug-likeness (QED) is 0.498. The van der Waals surface area contributed by atoms with Gasteiger partial charge in [-0.1, -0.05) is 60.7 Å². The van der Waals surface area contributed by atoms with Crippen molar-refractivity contribution in [1.82, 2.24) is 10.2 Å². The van der Waals surface area contributed by atoms with E-state index in [9.17, 15) is 14.4 Å². The van der Waals surface area contributed by atoms with Gasteiger partial charge in [-0.05, 0) is 42.5 Å². The highest BCUT2D eigenvalue weighted by atomic mass is 35.5. The van der Waals surface area contributed by atoms with E-state index in [1.54, 1.807) is 23.1 Å². The number of halogens is 2. The van der Waals surface area contributed by atoms with Gasteiger partial charge in [0.15, 0.2) is 0 Å². The normalized spacial score (nSPS) is 30.5. The van der Waals surface area contributed by atoms with Crippen molar-refractivity contribution < 1.29 is 19.1 Å². The maximum atomic E-state index is 14.0. The molecule has 6 rings (SSSR count). The molecule has 2 bridgehead atoms. The first-order chi connectivity index (χ1) is 17.9. The molecule has 0 unspecified atom stereocenters. The molecular weight excluding hydrogens is 533 g/mol. The zero-order valence-corrected chi connectivity index (χ0v) is 22.3. The maximum absolute atomic E-state index is 14.0. The highest BCUT2D eigenvalue weighted by Crippen LogP contribution is 2.55. The minimum absolute atomic E-state index is 0.0876. The van der Waals surface area contributed by atoms with Crippen molar-refractivity contribution in [3.8, 4) is 0 Å². The third-order valence-electron chi connectivity index (χ3n) is 7.91. The second-order valence-corrected chi connectivity index (χ2v) is 12.1. The lowest BCUT2D eigenvalue weighted by Gasteiger charge is -2.34. The van der Waals surface area contributed by atoms with Crippen LogP contribution in [-0.4, -0.2) is 46.4 Å². The van der Waals surface area contributed by atoms with E-state index in [1.165, 1.54) is 17.8 Å². The molecule has 5 atom stereocenters. The van der Waals surface area contributed by atoms with Gasteiger partial charge in [0.2, 0.25) is 17.7 Å². The average Bonchev–Trinajstić information content (AvgIpc) is 3.62. The van der Waals surface area contributed by atoms with Gasteiger partial charge in [0, 0.05) is 26.7 Å². The molecule has 0 radical (unpaired) electrons. The summed E-state index contributed by atoms with van der Waals surface area (Å²) >= 11 is 13.8. The van der Waals surface area contributed by atoms with Crippen molar-refractivity contribution in [3.05, 3.63) is 62.8 Å². The summed E-state index contributed by atoms with van der Waals surface area (Å²) < 4.78 is 6.40. The van der Waals surface area contributed by atoms with E-state index in [4.69, 9.17) is 27.9 Å². The number of carbonyl (C=O) groups is 3. The van der Waals surface area contributed by atoms with Crippen LogP contribution >= 0.6 is 34.5 Å². The molecule has 2 saturated heterocycles. The Morgan fingerprint density at radius 2 is 1.86 bits per heavy atom. The second kappa shape index (κ2) is 9.73. The number of thiophene rings is 1. The van der Waals surface area contributed by atoms with Crippen LogP contribution in [0.5, 0.6) is 0 Å². The Labute approximate surface area is 229 Å². The van der Waals surface area contributed by atoms with Gasteiger partial charge < -0.3 is 20.3 Å². The first-order valence-electron chi connectivity index (χ1n) is 12.6. The van der Waals surface area contributed by atoms with Crippen LogP contribution in [0.25, 0.3) is 0 Å². The van der Waals surface area contributed by atoms with Crippen molar-refractivity contribution >= 4 is 57.9 Å². The molecule has 37 heavy (non-hydrogen) atoms. The van der Waals surface area contributed by atoms with Gasteiger partial charge in [-0.15, -0.1) is 11.3 Å². The lowest BCUT2D eigenvalue weighted by Crippen LogP contribution is -2.56. The Morgan fingerprint density at radius 1 is 1.11 bits per heavy atom. The smallest absolute Gasteiger partial charge is 0.246 e. The van der Waals surface area contributed by atoms with Crippen LogP contribution in [0.3, 0.4) is 0 Å². The van der Waals surface area contributed by atoms with E-state index >= 15 is 0 Å². The third-order valence-corrected chi connectivity index (χ3v) is 9.21. The molecule has 1 saturated carbocycles. The lowest BCUT2D eigenvalue weighted by molar-refractivity contribution is -0.142. The number of hydrogen-bond donors (Lipinski definition) is 2. The van der Waals surface area contributed by atoms with Crippen LogP contribution in [0.4, 0.5) is 5.69 Å². The van der Waals surface area contributed by atoms with E-state index < -0.39 is 29.6 Å². The number of carbonyl (C=O) groups excluding carboxylic acids is 3. The van der Waals surface area contributed by atoms with Crippen molar-refractivity contribution in [3.63, 3.8) is 0 Å². The van der Waals surface area contributed by atoms with Gasteiger partial charge in [0.1, 0.15) is 11.6 Å². The third kappa shape index (κ3) is 4.38. The highest BCUT2D eigenvalue weighted by Gasteiger charge is 2.72. The molecule has 10 heteroatoms. The Balaban J connectivity index is 1.32. The summed E-state index contributed by atoms with van der Waals surface area (Å²) in [5.74, 6) is -2.41. The van der Waals surface area contributed by atoms with Crippen LogP contribution in [-0.2, 0) is 25.7 Å². The zero-order valence-electron chi connectivity index (χ0n) is 20.0. The molecule has 194 valence electrons. The molecule has 4 heterocycles. The molecule has 3 aliphatic heterocycles. The first-order valence-corrected chi connectivity index (χ1v) is 14.3. The van der Waals surface area contributed by atoms with Gasteiger partial charge in [0.05, 0.1) is 24.5 Å². The fourth-order valence-corrected chi connectivity index (χ4v) is 7.62. The molecular formula is C27H27Cl2N3O4S. The molecule has 3 fully saturated rings. The van der Waals surface area contributed by atoms with Crippen molar-refractivity contribution in [2.45, 2.75) is 62.4 Å². The Bertz CT molecular complexity index is 1240. The largest absolute Gasteiger partial charge is 0.359 e. The van der Waals surface area contributed by atoms with E-state index in [-0.39, 0.29) is 30.3 Å². The van der Waals surface area contributed by atoms with Crippen LogP contribution in [0.1, 0.15) is 37.0 Å². The summed E-state index contributed by atoms with van der Waals surface area (Å²) in [5.41, 5.74) is -0.748. The topological polar surface area (TPSA) is 87.7 Å². The molecule has 2 N–H and O–H groups in total. The molecule has 1 aromatic heterocycles. The van der Waals surface area contributed by atoms with Crippen LogP contribution in [0.2, 0.25) is 10.0 Å². The number of nitrogens with one attached hydrogen (secondary N) is 2. The van der Waals surface area contributed by atoms with Crippen molar-refractivity contribution in [2.75, 3.05) is 5.32 Å². The summed E-state index contributed by atoms with van der Waals surface area (Å²) in [6, 6.07) is 7.89. The number of benzene rings is 1. The number of ether oxygens (including phenoxy) is 1. The number of fused-ring (bicyclic) bond motifs is 1. The minimum Gasteiger partial charge on any atom is -0.359 e. The Hall–Kier alpha value is -2.39. The predicted octanol–water partition coefficient (Wildman–Crippen LogP) is 4.79. The minimum atomic E-state index is -1.19. The predicted molar refractivity (Wildman–Crippen MR) is 142 cm³/mol. The van der Waals surface area contributed by atoms with Crippen molar-refractivity contribution in [1.29, 1.82) is 0 Å². The SMILES string of the molecule is O=C(Nc1cc(Cl)cc(Cl)c1)[C@H]1[C@@H]2C=C[C@]3(O2)[C@@H]1C(=O)N(Cc1cccs1)[C@H]3C(=O)NC1CCCCC1. The molecule has 3 amide bonds. The first kappa shape index (κ1) is 24.9. The summed E-state index contributed by atoms with van der Waals surface area (Å²) in [7, 11) is 0. The molecule has 2 aromatic rings. The number of hydrogen-bond acceptors (Lipinski definition) is 5. The van der Waals surface area contributed by atoms with Crippen LogP contribution in [0, 0.1) is 11.8 Å². The van der Waals surface area contributed by atoms with E-state index in [0.717, 1.165) is 30.6 Å². The molecule has 4 aliphatic rings. The molecule has 1 aliphatic carbocycles. The fourth-order valence-electron chi connectivity index (χ4n) is 6.39. The fraction of sp³-hybridized carbons (Fsp3) is 0.444. The van der Waals surface area contributed by atoms with E-state index in [1.807, 2.05) is 29.7 Å². The van der Waals surface area contributed by atoms with Gasteiger partial charge in [-0.2, -0.15) is 0 Å². The summed E-state index contributed by atoms with van der Waals surface area (Å²) in [6.45, 7) is 0.289. The van der Waals surface area contributed by atoms with Gasteiger partial charge in [0.25, 0.3) is 0 Å². The number of likely N-dealkylation sites (tertiary alicyclic amines) is 1. The molecule has 7 nitrogen and oxygen atoms in total. The maximum Gasteiger partial charge on any atom is 0.246 e. The monoisotopic (exact) mass is 559 g/mol. The number of anilines is 1. The van der Waals surface area contributed by atoms with Crippen molar-refractivity contribution in [2.24, 2.45) is 11.8 Å². The van der Waals surface area contributed by atoms with E-state index in [0.29, 0.717) is 15.7 Å². The zero-order chi connectivity index (χ0) is 25.7. The van der Waals surface area contributed by atoms with E-state index in [2.05, 4.69) is 10.6 Å². The Kier molecular flexibility index (Phi) is 6.55. The Morgan fingerprint density at radius 3 is 2.57 bits per heavy atom. The summed E-state index contributed by atoms with van der Waals surface area (Å²) in [4.78, 5) is 43.9. The number of rotatable bonds is 6. The average molecular weight is 561 g/mol. The number of amides is 3. The van der Waals surface area contributed by atoms with Crippen LogP contribution < -0.4 is 10.6 Å². The van der Waals surface area contributed by atoms with Gasteiger partial charge in [-0.25, -0.2) is 0 Å². The lowest BCUT2D eigenvalue weighted by atomic mass is 9.74. The summed E-state index contributed by atoms with van der Waals surface area (Å²) in [6.07, 6.45) is 8.24. The molecule has 1 spiro atoms. The number of nitrogens with zero attached hydrogens (tertiary/aromatic N) is 1. The van der Waals surface area contributed by atoms with Gasteiger partial charge in [-0.3, -0.25) is 14.4 Å². The molecule has 1 aromatic carbocycles. The standard InChI is InChI=1S/C27H27Cl2N3O4S/c28-15-11-16(29)13-18(12-15)31-24(33)21-20-8-9-27(36-20)22(21)26(35)32(14-19-7-4-10-37-19)23(27)25(34)30-17-5-2-1-3-6-17/h4,7-13,17,20-23H,1-3,5-6,14H2,(H,30,34)(H,31,33)/t20-,21-,22-,23-,27-/m0/s1. The van der Waals surface area contributed by atoms with Crippen LogP contribution in [0.15, 0.2) is 47.9 Å². The highest BCUT2D eigenvalue weighted by molar-refractivity contribution is 7.09.